The summed E-state index contributed by atoms with van der Waals surface area (Å²) in [6.07, 6.45) is 2.37. The van der Waals surface area contributed by atoms with Crippen molar-refractivity contribution in [3.63, 3.8) is 0 Å². The maximum Gasteiger partial charge on any atom is 0.178 e. The Morgan fingerprint density at radius 3 is 2.13 bits per heavy atom. The van der Waals surface area contributed by atoms with E-state index in [0.29, 0.717) is 17.5 Å². The van der Waals surface area contributed by atoms with E-state index in [4.69, 9.17) is 0 Å². The number of hydrogen-bond acceptors (Lipinski definition) is 2. The predicted molar refractivity (Wildman–Crippen MR) is 55.8 cm³/mol. The molecule has 74 valence electrons. The van der Waals surface area contributed by atoms with Gasteiger partial charge in [-0.15, -0.1) is 6.58 Å². The summed E-state index contributed by atoms with van der Waals surface area (Å²) in [7, 11) is 0. The third-order valence-corrected chi connectivity index (χ3v) is 3.53. The molecule has 3 rings (SSSR count). The lowest BCUT2D eigenvalue weighted by Gasteiger charge is -2.01. The first-order chi connectivity index (χ1) is 7.21. The van der Waals surface area contributed by atoms with E-state index in [1.165, 1.54) is 0 Å². The van der Waals surface area contributed by atoms with Crippen LogP contribution in [0.15, 0.2) is 36.9 Å². The normalized spacial score (nSPS) is 25.5. The molecule has 0 amide bonds. The number of allylic oxidation sites excluding steroid dienone is 1. The maximum absolute atomic E-state index is 12.1. The molecular formula is C13H10O2. The number of ketones is 2. The SMILES string of the molecule is C=CC1CC12C(=O)c1ccccc1C2=O. The summed E-state index contributed by atoms with van der Waals surface area (Å²) in [5.74, 6) is 0.0332. The number of benzene rings is 1. The minimum Gasteiger partial charge on any atom is -0.293 e. The molecule has 0 aromatic heterocycles. The van der Waals surface area contributed by atoms with E-state index in [0.717, 1.165) is 0 Å². The van der Waals surface area contributed by atoms with Gasteiger partial charge in [0.1, 0.15) is 5.41 Å². The van der Waals surface area contributed by atoms with Gasteiger partial charge in [0.2, 0.25) is 0 Å². The van der Waals surface area contributed by atoms with E-state index >= 15 is 0 Å². The summed E-state index contributed by atoms with van der Waals surface area (Å²) in [6.45, 7) is 3.67. The Bertz CT molecular complexity index is 464. The molecule has 1 saturated carbocycles. The molecule has 1 unspecified atom stereocenters. The average molecular weight is 198 g/mol. The monoisotopic (exact) mass is 198 g/mol. The molecule has 0 N–H and O–H groups in total. The molecule has 15 heavy (non-hydrogen) atoms. The maximum atomic E-state index is 12.1. The Morgan fingerprint density at radius 2 is 1.73 bits per heavy atom. The summed E-state index contributed by atoms with van der Waals surface area (Å²) in [5.41, 5.74) is 0.421. The first-order valence-corrected chi connectivity index (χ1v) is 5.03. The van der Waals surface area contributed by atoms with Crippen molar-refractivity contribution in [3.05, 3.63) is 48.0 Å². The highest BCUT2D eigenvalue weighted by atomic mass is 16.2. The van der Waals surface area contributed by atoms with Crippen molar-refractivity contribution in [3.8, 4) is 0 Å². The van der Waals surface area contributed by atoms with Crippen molar-refractivity contribution >= 4 is 11.6 Å². The van der Waals surface area contributed by atoms with Crippen molar-refractivity contribution in [2.24, 2.45) is 11.3 Å². The highest BCUT2D eigenvalue weighted by Crippen LogP contribution is 2.60. The Hall–Kier alpha value is -1.70. The number of fused-ring (bicyclic) bond motifs is 1. The first kappa shape index (κ1) is 8.60. The van der Waals surface area contributed by atoms with Gasteiger partial charge in [-0.2, -0.15) is 0 Å². The minimum atomic E-state index is -0.758. The zero-order valence-corrected chi connectivity index (χ0v) is 8.19. The molecule has 1 spiro atoms. The average Bonchev–Trinajstić information content (AvgIpc) is 2.98. The number of rotatable bonds is 1. The zero-order chi connectivity index (χ0) is 10.6. The fraction of sp³-hybridized carbons (Fsp3) is 0.231. The van der Waals surface area contributed by atoms with Gasteiger partial charge in [-0.1, -0.05) is 30.3 Å². The molecule has 2 aliphatic carbocycles. The number of carbonyl (C=O) groups excluding carboxylic acids is 2. The molecule has 0 aliphatic heterocycles. The Balaban J connectivity index is 2.19. The molecular weight excluding hydrogens is 188 g/mol. The molecule has 1 aromatic carbocycles. The van der Waals surface area contributed by atoms with Gasteiger partial charge >= 0.3 is 0 Å². The second-order valence-corrected chi connectivity index (χ2v) is 4.22. The van der Waals surface area contributed by atoms with Gasteiger partial charge in [-0.25, -0.2) is 0 Å². The summed E-state index contributed by atoms with van der Waals surface area (Å²) in [6, 6.07) is 7.08. The van der Waals surface area contributed by atoms with Gasteiger partial charge in [0.15, 0.2) is 11.6 Å². The van der Waals surface area contributed by atoms with Crippen LogP contribution in [0.4, 0.5) is 0 Å². The molecule has 1 fully saturated rings. The van der Waals surface area contributed by atoms with E-state index in [-0.39, 0.29) is 17.5 Å². The molecule has 0 heterocycles. The second kappa shape index (κ2) is 2.45. The van der Waals surface area contributed by atoms with Gasteiger partial charge in [0.05, 0.1) is 0 Å². The van der Waals surface area contributed by atoms with Crippen LogP contribution in [0.1, 0.15) is 27.1 Å². The lowest BCUT2D eigenvalue weighted by molar-refractivity contribution is 0.0806. The van der Waals surface area contributed by atoms with Crippen LogP contribution in [0.2, 0.25) is 0 Å². The summed E-state index contributed by atoms with van der Waals surface area (Å²) in [4.78, 5) is 24.2. The van der Waals surface area contributed by atoms with Crippen LogP contribution >= 0.6 is 0 Å². The smallest absolute Gasteiger partial charge is 0.178 e. The first-order valence-electron chi connectivity index (χ1n) is 5.03. The number of Topliss-reactive ketones (excluding diaryl/α,β-unsaturated/α-hetero) is 2. The topological polar surface area (TPSA) is 34.1 Å². The second-order valence-electron chi connectivity index (χ2n) is 4.22. The molecule has 0 radical (unpaired) electrons. The Kier molecular flexibility index (Phi) is 1.41. The quantitative estimate of drug-likeness (QED) is 0.512. The molecule has 1 atom stereocenters. The number of carbonyl (C=O) groups is 2. The van der Waals surface area contributed by atoms with Crippen LogP contribution in [0.3, 0.4) is 0 Å². The van der Waals surface area contributed by atoms with Crippen molar-refractivity contribution in [2.45, 2.75) is 6.42 Å². The van der Waals surface area contributed by atoms with Crippen LogP contribution in [0.5, 0.6) is 0 Å². The van der Waals surface area contributed by atoms with Crippen molar-refractivity contribution < 1.29 is 9.59 Å². The van der Waals surface area contributed by atoms with Crippen LogP contribution in [0, 0.1) is 11.3 Å². The van der Waals surface area contributed by atoms with E-state index in [1.807, 2.05) is 0 Å². The van der Waals surface area contributed by atoms with Gasteiger partial charge in [0, 0.05) is 11.1 Å². The highest BCUT2D eigenvalue weighted by Gasteiger charge is 2.67. The van der Waals surface area contributed by atoms with E-state index in [1.54, 1.807) is 30.3 Å². The fourth-order valence-electron chi connectivity index (χ4n) is 2.56. The third-order valence-electron chi connectivity index (χ3n) is 3.53. The Morgan fingerprint density at radius 1 is 1.20 bits per heavy atom. The van der Waals surface area contributed by atoms with E-state index in [2.05, 4.69) is 6.58 Å². The molecule has 0 saturated heterocycles. The third kappa shape index (κ3) is 0.803. The van der Waals surface area contributed by atoms with Crippen LogP contribution < -0.4 is 0 Å². The van der Waals surface area contributed by atoms with Crippen molar-refractivity contribution in [1.82, 2.24) is 0 Å². The van der Waals surface area contributed by atoms with Crippen LogP contribution in [-0.2, 0) is 0 Å². The number of hydrogen-bond donors (Lipinski definition) is 0. The molecule has 2 heteroatoms. The molecule has 2 aliphatic rings. The van der Waals surface area contributed by atoms with Gasteiger partial charge in [0.25, 0.3) is 0 Å². The molecule has 2 nitrogen and oxygen atoms in total. The lowest BCUT2D eigenvalue weighted by Crippen LogP contribution is -2.18. The zero-order valence-electron chi connectivity index (χ0n) is 8.19. The summed E-state index contributed by atoms with van der Waals surface area (Å²) >= 11 is 0. The molecule has 0 bridgehead atoms. The van der Waals surface area contributed by atoms with Gasteiger partial charge in [-0.3, -0.25) is 9.59 Å². The summed E-state index contributed by atoms with van der Waals surface area (Å²) < 4.78 is 0. The highest BCUT2D eigenvalue weighted by molar-refractivity contribution is 6.31. The van der Waals surface area contributed by atoms with Crippen molar-refractivity contribution in [1.29, 1.82) is 0 Å². The molecule has 1 aromatic rings. The summed E-state index contributed by atoms with van der Waals surface area (Å²) in [5, 5.41) is 0. The predicted octanol–water partition coefficient (Wildman–Crippen LogP) is 2.26. The lowest BCUT2D eigenvalue weighted by atomic mass is 9.97. The van der Waals surface area contributed by atoms with Crippen LogP contribution in [-0.4, -0.2) is 11.6 Å². The van der Waals surface area contributed by atoms with Gasteiger partial charge < -0.3 is 0 Å². The van der Waals surface area contributed by atoms with E-state index in [9.17, 15) is 9.59 Å². The van der Waals surface area contributed by atoms with Crippen LogP contribution in [0.25, 0.3) is 0 Å². The Labute approximate surface area is 87.6 Å². The largest absolute Gasteiger partial charge is 0.293 e. The van der Waals surface area contributed by atoms with E-state index < -0.39 is 5.41 Å². The minimum absolute atomic E-state index is 0.00648. The standard InChI is InChI=1S/C13H10O2/c1-2-8-7-13(8)11(14)9-5-3-4-6-10(9)12(13)15/h2-6,8H,1,7H2. The van der Waals surface area contributed by atoms with Crippen molar-refractivity contribution in [2.75, 3.05) is 0 Å². The van der Waals surface area contributed by atoms with Gasteiger partial charge in [-0.05, 0) is 12.3 Å². The fourth-order valence-corrected chi connectivity index (χ4v) is 2.56.